The third kappa shape index (κ3) is 2.62. The number of rotatable bonds is 3. The van der Waals surface area contributed by atoms with Crippen LogP contribution in [-0.2, 0) is 0 Å². The average Bonchev–Trinajstić information content (AvgIpc) is 2.33. The number of nitrogens with one attached hydrogen (secondary N) is 2. The maximum Gasteiger partial charge on any atom is 0.160 e. The van der Waals surface area contributed by atoms with Crippen LogP contribution in [0.2, 0.25) is 0 Å². The van der Waals surface area contributed by atoms with Crippen molar-refractivity contribution >= 4 is 27.6 Å². The highest BCUT2D eigenvalue weighted by Crippen LogP contribution is 2.26. The standard InChI is InChI=1S/C10H16BrN5/c1-12-9-8(11)10(14-7-13-9)15-16-5-3-2-4-6-16/h7H,2-6H2,1H3,(H2,12,13,14,15). The van der Waals surface area contributed by atoms with Crippen LogP contribution >= 0.6 is 15.9 Å². The van der Waals surface area contributed by atoms with E-state index in [0.29, 0.717) is 0 Å². The Bertz CT molecular complexity index is 351. The fourth-order valence-corrected chi connectivity index (χ4v) is 2.27. The fourth-order valence-electron chi connectivity index (χ4n) is 1.78. The zero-order valence-corrected chi connectivity index (χ0v) is 10.9. The van der Waals surface area contributed by atoms with Gasteiger partial charge in [-0.3, -0.25) is 0 Å². The molecule has 6 heteroatoms. The second-order valence-electron chi connectivity index (χ2n) is 3.79. The maximum absolute atomic E-state index is 4.23. The summed E-state index contributed by atoms with van der Waals surface area (Å²) in [5.41, 5.74) is 3.32. The van der Waals surface area contributed by atoms with Crippen LogP contribution in [0.5, 0.6) is 0 Å². The van der Waals surface area contributed by atoms with Crippen molar-refractivity contribution < 1.29 is 0 Å². The summed E-state index contributed by atoms with van der Waals surface area (Å²) in [5, 5.41) is 5.22. The van der Waals surface area contributed by atoms with Crippen molar-refractivity contribution in [2.75, 3.05) is 30.9 Å². The van der Waals surface area contributed by atoms with Gasteiger partial charge in [0.25, 0.3) is 0 Å². The van der Waals surface area contributed by atoms with Crippen LogP contribution < -0.4 is 10.7 Å². The van der Waals surface area contributed by atoms with E-state index in [4.69, 9.17) is 0 Å². The second-order valence-corrected chi connectivity index (χ2v) is 4.59. The topological polar surface area (TPSA) is 53.1 Å². The van der Waals surface area contributed by atoms with Crippen molar-refractivity contribution in [1.82, 2.24) is 15.0 Å². The third-order valence-electron chi connectivity index (χ3n) is 2.65. The van der Waals surface area contributed by atoms with Gasteiger partial charge in [0.2, 0.25) is 0 Å². The largest absolute Gasteiger partial charge is 0.372 e. The van der Waals surface area contributed by atoms with Crippen LogP contribution in [0.4, 0.5) is 11.6 Å². The lowest BCUT2D eigenvalue weighted by atomic mass is 10.2. The van der Waals surface area contributed by atoms with Gasteiger partial charge in [-0.1, -0.05) is 6.42 Å². The van der Waals surface area contributed by atoms with Gasteiger partial charge >= 0.3 is 0 Å². The molecule has 0 spiro atoms. The molecule has 16 heavy (non-hydrogen) atoms. The SMILES string of the molecule is CNc1ncnc(NN2CCCCC2)c1Br. The van der Waals surface area contributed by atoms with Gasteiger partial charge in [-0.05, 0) is 28.8 Å². The van der Waals surface area contributed by atoms with E-state index in [2.05, 4.69) is 41.6 Å². The summed E-state index contributed by atoms with van der Waals surface area (Å²) in [7, 11) is 1.85. The van der Waals surface area contributed by atoms with Gasteiger partial charge in [-0.25, -0.2) is 15.0 Å². The molecule has 0 aliphatic carbocycles. The first-order chi connectivity index (χ1) is 7.81. The minimum Gasteiger partial charge on any atom is -0.372 e. The Morgan fingerprint density at radius 3 is 2.56 bits per heavy atom. The van der Waals surface area contributed by atoms with E-state index < -0.39 is 0 Å². The Kier molecular flexibility index (Phi) is 3.95. The van der Waals surface area contributed by atoms with E-state index in [-0.39, 0.29) is 0 Å². The van der Waals surface area contributed by atoms with Crippen LogP contribution in [0.25, 0.3) is 0 Å². The molecular weight excluding hydrogens is 270 g/mol. The monoisotopic (exact) mass is 285 g/mol. The molecule has 0 aromatic carbocycles. The van der Waals surface area contributed by atoms with Gasteiger partial charge in [0.1, 0.15) is 16.6 Å². The number of hydrogen-bond donors (Lipinski definition) is 2. The number of nitrogens with zero attached hydrogens (tertiary/aromatic N) is 3. The zero-order valence-electron chi connectivity index (χ0n) is 9.33. The Balaban J connectivity index is 2.08. The summed E-state index contributed by atoms with van der Waals surface area (Å²) in [5.74, 6) is 1.62. The normalized spacial score (nSPS) is 17.1. The van der Waals surface area contributed by atoms with Gasteiger partial charge in [0, 0.05) is 20.1 Å². The van der Waals surface area contributed by atoms with E-state index >= 15 is 0 Å². The van der Waals surface area contributed by atoms with Crippen molar-refractivity contribution in [3.8, 4) is 0 Å². The van der Waals surface area contributed by atoms with E-state index in [9.17, 15) is 0 Å². The predicted octanol–water partition coefficient (Wildman–Crippen LogP) is 2.09. The van der Waals surface area contributed by atoms with Crippen LogP contribution in [0.1, 0.15) is 19.3 Å². The molecule has 5 nitrogen and oxygen atoms in total. The van der Waals surface area contributed by atoms with Crippen molar-refractivity contribution in [3.05, 3.63) is 10.8 Å². The molecule has 88 valence electrons. The summed E-state index contributed by atoms with van der Waals surface area (Å²) in [4.78, 5) is 8.35. The average molecular weight is 286 g/mol. The molecule has 0 bridgehead atoms. The lowest BCUT2D eigenvalue weighted by molar-refractivity contribution is 0.272. The number of hydrogen-bond acceptors (Lipinski definition) is 5. The molecule has 0 amide bonds. The number of halogens is 1. The van der Waals surface area contributed by atoms with Gasteiger partial charge in [0.15, 0.2) is 5.82 Å². The van der Waals surface area contributed by atoms with Crippen LogP contribution in [0.15, 0.2) is 10.8 Å². The molecule has 1 aliphatic heterocycles. The summed E-state index contributed by atoms with van der Waals surface area (Å²) in [6.07, 6.45) is 5.37. The van der Waals surface area contributed by atoms with Crippen LogP contribution in [0.3, 0.4) is 0 Å². The Morgan fingerprint density at radius 2 is 1.88 bits per heavy atom. The highest BCUT2D eigenvalue weighted by Gasteiger charge is 2.13. The van der Waals surface area contributed by atoms with E-state index in [1.165, 1.54) is 19.3 Å². The fraction of sp³-hybridized carbons (Fsp3) is 0.600. The van der Waals surface area contributed by atoms with Crippen molar-refractivity contribution in [1.29, 1.82) is 0 Å². The van der Waals surface area contributed by atoms with Crippen molar-refractivity contribution in [2.45, 2.75) is 19.3 Å². The molecule has 1 saturated heterocycles. The Morgan fingerprint density at radius 1 is 1.19 bits per heavy atom. The lowest BCUT2D eigenvalue weighted by Gasteiger charge is -2.27. The highest BCUT2D eigenvalue weighted by atomic mass is 79.9. The molecule has 0 saturated carbocycles. The minimum absolute atomic E-state index is 0.800. The molecule has 1 aromatic rings. The lowest BCUT2D eigenvalue weighted by Crippen LogP contribution is -2.35. The quantitative estimate of drug-likeness (QED) is 0.891. The zero-order chi connectivity index (χ0) is 11.4. The molecule has 1 aliphatic rings. The summed E-state index contributed by atoms with van der Waals surface area (Å²) in [6, 6.07) is 0. The molecule has 0 radical (unpaired) electrons. The summed E-state index contributed by atoms with van der Waals surface area (Å²) < 4.78 is 0.878. The number of piperidine rings is 1. The van der Waals surface area contributed by atoms with E-state index in [0.717, 1.165) is 29.2 Å². The number of aromatic nitrogens is 2. The Hall–Kier alpha value is -0.880. The van der Waals surface area contributed by atoms with E-state index in [1.807, 2.05) is 7.05 Å². The number of anilines is 2. The van der Waals surface area contributed by atoms with Crippen molar-refractivity contribution in [2.24, 2.45) is 0 Å². The van der Waals surface area contributed by atoms with Gasteiger partial charge in [-0.15, -0.1) is 0 Å². The van der Waals surface area contributed by atoms with Gasteiger partial charge in [0.05, 0.1) is 0 Å². The number of hydrazine groups is 1. The molecule has 2 N–H and O–H groups in total. The Labute approximate surface area is 104 Å². The molecule has 2 rings (SSSR count). The molecule has 1 fully saturated rings. The molecule has 0 unspecified atom stereocenters. The van der Waals surface area contributed by atoms with Crippen LogP contribution in [0, 0.1) is 0 Å². The highest BCUT2D eigenvalue weighted by molar-refractivity contribution is 9.10. The molecule has 0 atom stereocenters. The molecule has 2 heterocycles. The third-order valence-corrected chi connectivity index (χ3v) is 3.40. The van der Waals surface area contributed by atoms with E-state index in [1.54, 1.807) is 6.33 Å². The first-order valence-corrected chi connectivity index (χ1v) is 6.30. The van der Waals surface area contributed by atoms with Gasteiger partial charge < -0.3 is 10.7 Å². The summed E-state index contributed by atoms with van der Waals surface area (Å²) in [6.45, 7) is 2.15. The first kappa shape index (κ1) is 11.6. The summed E-state index contributed by atoms with van der Waals surface area (Å²) >= 11 is 3.49. The molecule has 1 aromatic heterocycles. The second kappa shape index (κ2) is 5.45. The molecular formula is C10H16BrN5. The maximum atomic E-state index is 4.23. The van der Waals surface area contributed by atoms with Crippen LogP contribution in [-0.4, -0.2) is 35.1 Å². The smallest absolute Gasteiger partial charge is 0.160 e. The van der Waals surface area contributed by atoms with Crippen molar-refractivity contribution in [3.63, 3.8) is 0 Å². The predicted molar refractivity (Wildman–Crippen MR) is 68.3 cm³/mol. The first-order valence-electron chi connectivity index (χ1n) is 5.51. The minimum atomic E-state index is 0.800. The van der Waals surface area contributed by atoms with Gasteiger partial charge in [-0.2, -0.15) is 0 Å².